The van der Waals surface area contributed by atoms with Crippen LogP contribution in [0.5, 0.6) is 0 Å². The highest BCUT2D eigenvalue weighted by Crippen LogP contribution is 2.50. The van der Waals surface area contributed by atoms with Crippen molar-refractivity contribution in [2.75, 3.05) is 11.9 Å². The summed E-state index contributed by atoms with van der Waals surface area (Å²) in [7, 11) is 0. The number of hydrogen-bond acceptors (Lipinski definition) is 3. The Morgan fingerprint density at radius 2 is 2.29 bits per heavy atom. The summed E-state index contributed by atoms with van der Waals surface area (Å²) in [5.74, 6) is 0.431. The van der Waals surface area contributed by atoms with E-state index in [0.29, 0.717) is 5.92 Å². The van der Waals surface area contributed by atoms with Crippen molar-refractivity contribution < 1.29 is 9.53 Å². The molecule has 3 atom stereocenters. The number of aromatic nitrogens is 2. The third kappa shape index (κ3) is 3.39. The fraction of sp³-hybridized carbons (Fsp3) is 0.444. The molecular weight excluding hydrogens is 370 g/mol. The zero-order chi connectivity index (χ0) is 16.5. The lowest BCUT2D eigenvalue weighted by Gasteiger charge is -2.08. The Morgan fingerprint density at radius 3 is 3.08 bits per heavy atom. The van der Waals surface area contributed by atoms with Gasteiger partial charge in [0.2, 0.25) is 5.91 Å². The van der Waals surface area contributed by atoms with E-state index in [1.54, 1.807) is 6.20 Å². The summed E-state index contributed by atoms with van der Waals surface area (Å²) >= 11 is 3.57. The maximum Gasteiger partial charge on any atom is 0.228 e. The molecule has 24 heavy (non-hydrogen) atoms. The zero-order valence-corrected chi connectivity index (χ0v) is 14.9. The second-order valence-corrected chi connectivity index (χ2v) is 7.40. The highest BCUT2D eigenvalue weighted by Gasteiger charge is 2.44. The van der Waals surface area contributed by atoms with E-state index in [1.807, 2.05) is 29.1 Å². The quantitative estimate of drug-likeness (QED) is 0.850. The van der Waals surface area contributed by atoms with Crippen molar-refractivity contribution in [1.82, 2.24) is 9.78 Å². The number of ether oxygens (including phenoxy) is 1. The third-order valence-corrected chi connectivity index (χ3v) is 5.47. The molecule has 0 unspecified atom stereocenters. The van der Waals surface area contributed by atoms with Crippen LogP contribution in [0.1, 0.15) is 30.7 Å². The average Bonchev–Trinajstić information content (AvgIpc) is 2.97. The van der Waals surface area contributed by atoms with Gasteiger partial charge in [-0.2, -0.15) is 5.10 Å². The van der Waals surface area contributed by atoms with E-state index in [0.717, 1.165) is 42.6 Å². The van der Waals surface area contributed by atoms with E-state index in [2.05, 4.69) is 32.4 Å². The van der Waals surface area contributed by atoms with Gasteiger partial charge in [-0.25, -0.2) is 0 Å². The van der Waals surface area contributed by atoms with Crippen LogP contribution in [0.15, 0.2) is 41.1 Å². The SMILES string of the molecule is O=C(Nc1cnn(C[C@@H]2CCCO2)c1)[C@H]1C[C@@H]1c1ccccc1Br. The van der Waals surface area contributed by atoms with Gasteiger partial charge in [0.15, 0.2) is 0 Å². The van der Waals surface area contributed by atoms with Gasteiger partial charge in [0.05, 0.1) is 24.5 Å². The lowest BCUT2D eigenvalue weighted by molar-refractivity contribution is -0.117. The Labute approximate surface area is 149 Å². The Morgan fingerprint density at radius 1 is 1.42 bits per heavy atom. The smallest absolute Gasteiger partial charge is 0.228 e. The fourth-order valence-electron chi connectivity index (χ4n) is 3.36. The van der Waals surface area contributed by atoms with E-state index in [1.165, 1.54) is 5.56 Å². The lowest BCUT2D eigenvalue weighted by Crippen LogP contribution is -2.16. The van der Waals surface area contributed by atoms with Crippen LogP contribution in [0, 0.1) is 5.92 Å². The lowest BCUT2D eigenvalue weighted by atomic mass is 10.1. The molecule has 0 radical (unpaired) electrons. The Kier molecular flexibility index (Phi) is 4.41. The minimum atomic E-state index is 0.0465. The van der Waals surface area contributed by atoms with Crippen LogP contribution >= 0.6 is 15.9 Å². The molecule has 2 fully saturated rings. The highest BCUT2D eigenvalue weighted by atomic mass is 79.9. The first kappa shape index (κ1) is 15.8. The fourth-order valence-corrected chi connectivity index (χ4v) is 3.94. The molecule has 1 aliphatic heterocycles. The van der Waals surface area contributed by atoms with Gasteiger partial charge >= 0.3 is 0 Å². The molecular formula is C18H20BrN3O2. The standard InChI is InChI=1S/C18H20BrN3O2/c19-17-6-2-1-5-14(17)15-8-16(15)18(23)21-12-9-20-22(10-12)11-13-4-3-7-24-13/h1-2,5-6,9-10,13,15-16H,3-4,7-8,11H2,(H,21,23)/t13-,15+,16-/m0/s1. The van der Waals surface area contributed by atoms with Crippen molar-refractivity contribution in [2.45, 2.75) is 37.8 Å². The molecule has 1 saturated carbocycles. The Bertz CT molecular complexity index is 739. The predicted molar refractivity (Wildman–Crippen MR) is 94.8 cm³/mol. The number of hydrogen-bond donors (Lipinski definition) is 1. The van der Waals surface area contributed by atoms with E-state index in [4.69, 9.17) is 4.74 Å². The summed E-state index contributed by atoms with van der Waals surface area (Å²) < 4.78 is 8.55. The highest BCUT2D eigenvalue weighted by molar-refractivity contribution is 9.10. The Hall–Kier alpha value is -1.66. The monoisotopic (exact) mass is 389 g/mol. The molecule has 1 N–H and O–H groups in total. The molecule has 5 nitrogen and oxygen atoms in total. The number of carbonyl (C=O) groups excluding carboxylic acids is 1. The molecule has 1 aromatic carbocycles. The first-order valence-electron chi connectivity index (χ1n) is 8.40. The minimum Gasteiger partial charge on any atom is -0.376 e. The second kappa shape index (κ2) is 6.69. The van der Waals surface area contributed by atoms with Crippen LogP contribution in [-0.4, -0.2) is 28.4 Å². The number of carbonyl (C=O) groups is 1. The molecule has 1 saturated heterocycles. The number of halogens is 1. The van der Waals surface area contributed by atoms with Crippen molar-refractivity contribution in [2.24, 2.45) is 5.92 Å². The van der Waals surface area contributed by atoms with Gasteiger partial charge in [-0.15, -0.1) is 0 Å². The average molecular weight is 390 g/mol. The van der Waals surface area contributed by atoms with Crippen LogP contribution < -0.4 is 5.32 Å². The van der Waals surface area contributed by atoms with Gasteiger partial charge in [-0.3, -0.25) is 9.48 Å². The van der Waals surface area contributed by atoms with Gasteiger partial charge in [-0.1, -0.05) is 34.1 Å². The molecule has 1 amide bonds. The molecule has 0 bridgehead atoms. The van der Waals surface area contributed by atoms with Gasteiger partial charge < -0.3 is 10.1 Å². The molecule has 4 rings (SSSR count). The van der Waals surface area contributed by atoms with Crippen molar-refractivity contribution >= 4 is 27.5 Å². The van der Waals surface area contributed by atoms with Gasteiger partial charge in [0, 0.05) is 23.2 Å². The van der Waals surface area contributed by atoms with E-state index in [9.17, 15) is 4.79 Å². The third-order valence-electron chi connectivity index (χ3n) is 4.75. The van der Waals surface area contributed by atoms with Crippen LogP contribution in [0.3, 0.4) is 0 Å². The molecule has 6 heteroatoms. The number of anilines is 1. The van der Waals surface area contributed by atoms with Crippen LogP contribution in [0.4, 0.5) is 5.69 Å². The first-order valence-corrected chi connectivity index (χ1v) is 9.19. The minimum absolute atomic E-state index is 0.0465. The number of amides is 1. The summed E-state index contributed by atoms with van der Waals surface area (Å²) in [5.41, 5.74) is 1.97. The number of rotatable bonds is 5. The van der Waals surface area contributed by atoms with E-state index in [-0.39, 0.29) is 17.9 Å². The number of benzene rings is 1. The van der Waals surface area contributed by atoms with Gasteiger partial charge in [0.25, 0.3) is 0 Å². The Balaban J connectivity index is 1.34. The van der Waals surface area contributed by atoms with Crippen LogP contribution in [-0.2, 0) is 16.1 Å². The van der Waals surface area contributed by atoms with Crippen molar-refractivity contribution in [1.29, 1.82) is 0 Å². The van der Waals surface area contributed by atoms with Crippen molar-refractivity contribution in [3.63, 3.8) is 0 Å². The maximum absolute atomic E-state index is 12.4. The summed E-state index contributed by atoms with van der Waals surface area (Å²) in [4.78, 5) is 12.4. The zero-order valence-electron chi connectivity index (χ0n) is 13.3. The molecule has 2 aromatic rings. The van der Waals surface area contributed by atoms with Gasteiger partial charge in [0.1, 0.15) is 0 Å². The second-order valence-electron chi connectivity index (χ2n) is 6.55. The maximum atomic E-state index is 12.4. The predicted octanol–water partition coefficient (Wildman–Crippen LogP) is 3.57. The van der Waals surface area contributed by atoms with Crippen molar-refractivity contribution in [3.8, 4) is 0 Å². The van der Waals surface area contributed by atoms with Crippen LogP contribution in [0.25, 0.3) is 0 Å². The molecule has 0 spiro atoms. The largest absolute Gasteiger partial charge is 0.376 e. The normalized spacial score (nSPS) is 25.6. The topological polar surface area (TPSA) is 56.2 Å². The molecule has 1 aliphatic carbocycles. The summed E-state index contributed by atoms with van der Waals surface area (Å²) in [6.07, 6.45) is 6.94. The number of nitrogens with zero attached hydrogens (tertiary/aromatic N) is 2. The summed E-state index contributed by atoms with van der Waals surface area (Å²) in [6, 6.07) is 8.12. The molecule has 2 aliphatic rings. The van der Waals surface area contributed by atoms with Gasteiger partial charge in [-0.05, 0) is 36.8 Å². The molecule has 2 heterocycles. The van der Waals surface area contributed by atoms with Crippen molar-refractivity contribution in [3.05, 3.63) is 46.7 Å². The molecule has 1 aromatic heterocycles. The van der Waals surface area contributed by atoms with E-state index < -0.39 is 0 Å². The van der Waals surface area contributed by atoms with E-state index >= 15 is 0 Å². The summed E-state index contributed by atoms with van der Waals surface area (Å²) in [6.45, 7) is 1.59. The van der Waals surface area contributed by atoms with Crippen LogP contribution in [0.2, 0.25) is 0 Å². The first-order chi connectivity index (χ1) is 11.7. The summed E-state index contributed by atoms with van der Waals surface area (Å²) in [5, 5.41) is 7.31. The molecule has 126 valence electrons. The number of nitrogens with one attached hydrogen (secondary N) is 1.